The third kappa shape index (κ3) is 7.47. The predicted octanol–water partition coefficient (Wildman–Crippen LogP) is 2.48. The minimum absolute atomic E-state index is 0.100. The summed E-state index contributed by atoms with van der Waals surface area (Å²) in [6.07, 6.45) is 1.81. The van der Waals surface area contributed by atoms with Gasteiger partial charge in [-0.2, -0.15) is 0 Å². The van der Waals surface area contributed by atoms with Crippen LogP contribution in [0.4, 0.5) is 0 Å². The molecule has 0 radical (unpaired) electrons. The second kappa shape index (κ2) is 9.64. The minimum atomic E-state index is -0.791. The molecule has 4 nitrogen and oxygen atoms in total. The summed E-state index contributed by atoms with van der Waals surface area (Å²) in [5.41, 5.74) is 0. The number of hydrogen-bond acceptors (Lipinski definition) is 4. The molecular weight excluding hydrogens is 333 g/mol. The Morgan fingerprint density at radius 1 is 1.38 bits per heavy atom. The van der Waals surface area contributed by atoms with E-state index in [9.17, 15) is 9.32 Å². The molecule has 0 spiro atoms. The molecule has 21 heavy (non-hydrogen) atoms. The summed E-state index contributed by atoms with van der Waals surface area (Å²) in [6.45, 7) is 2.48. The van der Waals surface area contributed by atoms with Crippen molar-refractivity contribution in [3.63, 3.8) is 0 Å². The normalized spacial score (nSPS) is 15.5. The SMILES string of the molecule is CC(CCS(C)=O)NCC(O)COc1c(Cl)cccc1Cl. The lowest BCUT2D eigenvalue weighted by molar-refractivity contribution is 0.104. The quantitative estimate of drug-likeness (QED) is 0.715. The van der Waals surface area contributed by atoms with Crippen LogP contribution in [0, 0.1) is 0 Å². The molecular formula is C14H21Cl2NO3S. The molecule has 0 aliphatic carbocycles. The zero-order valence-electron chi connectivity index (χ0n) is 12.1. The van der Waals surface area contributed by atoms with Crippen molar-refractivity contribution in [2.45, 2.75) is 25.5 Å². The summed E-state index contributed by atoms with van der Waals surface area (Å²) in [5, 5.41) is 13.9. The Labute approximate surface area is 138 Å². The first-order valence-corrected chi connectivity index (χ1v) is 9.16. The van der Waals surface area contributed by atoms with Gasteiger partial charge in [0, 0.05) is 35.4 Å². The standard InChI is InChI=1S/C14H21Cl2NO3S/c1-10(6-7-21(2)19)17-8-11(18)9-20-14-12(15)4-3-5-13(14)16/h3-5,10-11,17-18H,6-9H2,1-2H3. The molecule has 0 heterocycles. The first kappa shape index (κ1) is 18.7. The molecule has 0 bridgehead atoms. The first-order chi connectivity index (χ1) is 9.90. The number of para-hydroxylation sites is 1. The lowest BCUT2D eigenvalue weighted by Crippen LogP contribution is -2.37. The van der Waals surface area contributed by atoms with E-state index in [2.05, 4.69) is 5.32 Å². The Bertz CT molecular complexity index is 453. The van der Waals surface area contributed by atoms with Crippen molar-refractivity contribution < 1.29 is 14.1 Å². The largest absolute Gasteiger partial charge is 0.488 e. The molecule has 0 aliphatic heterocycles. The number of benzene rings is 1. The number of nitrogens with one attached hydrogen (secondary N) is 1. The van der Waals surface area contributed by atoms with E-state index < -0.39 is 16.9 Å². The molecule has 3 unspecified atom stereocenters. The smallest absolute Gasteiger partial charge is 0.156 e. The van der Waals surface area contributed by atoms with Crippen LogP contribution in [0.2, 0.25) is 10.0 Å². The van der Waals surface area contributed by atoms with Crippen molar-refractivity contribution in [3.8, 4) is 5.75 Å². The highest BCUT2D eigenvalue weighted by atomic mass is 35.5. The van der Waals surface area contributed by atoms with E-state index in [1.54, 1.807) is 24.5 Å². The van der Waals surface area contributed by atoms with Gasteiger partial charge in [0.2, 0.25) is 0 Å². The molecule has 3 atom stereocenters. The van der Waals surface area contributed by atoms with Crippen molar-refractivity contribution in [3.05, 3.63) is 28.2 Å². The van der Waals surface area contributed by atoms with Crippen molar-refractivity contribution in [1.29, 1.82) is 0 Å². The maximum absolute atomic E-state index is 11.0. The van der Waals surface area contributed by atoms with E-state index in [4.69, 9.17) is 27.9 Å². The maximum atomic E-state index is 11.0. The third-order valence-corrected chi connectivity index (χ3v) is 4.29. The highest BCUT2D eigenvalue weighted by Gasteiger charge is 2.11. The number of hydrogen-bond donors (Lipinski definition) is 2. The third-order valence-electron chi connectivity index (χ3n) is 2.88. The fraction of sp³-hybridized carbons (Fsp3) is 0.571. The summed E-state index contributed by atoms with van der Waals surface area (Å²) in [6, 6.07) is 5.28. The summed E-state index contributed by atoms with van der Waals surface area (Å²) < 4.78 is 16.5. The Kier molecular flexibility index (Phi) is 8.59. The van der Waals surface area contributed by atoms with E-state index >= 15 is 0 Å². The van der Waals surface area contributed by atoms with Crippen LogP contribution >= 0.6 is 23.2 Å². The van der Waals surface area contributed by atoms with Gasteiger partial charge >= 0.3 is 0 Å². The van der Waals surface area contributed by atoms with Crippen LogP contribution in [-0.2, 0) is 10.8 Å². The van der Waals surface area contributed by atoms with Crippen LogP contribution in [0.5, 0.6) is 5.75 Å². The van der Waals surface area contributed by atoms with Crippen LogP contribution in [-0.4, -0.2) is 46.6 Å². The second-order valence-corrected chi connectivity index (χ2v) is 7.26. The molecule has 0 fully saturated rings. The van der Waals surface area contributed by atoms with Gasteiger partial charge in [0.1, 0.15) is 12.7 Å². The zero-order chi connectivity index (χ0) is 15.8. The molecule has 0 aromatic heterocycles. The van der Waals surface area contributed by atoms with Gasteiger partial charge in [-0.25, -0.2) is 0 Å². The highest BCUT2D eigenvalue weighted by molar-refractivity contribution is 7.84. The Morgan fingerprint density at radius 2 is 2.00 bits per heavy atom. The lowest BCUT2D eigenvalue weighted by atomic mass is 10.2. The van der Waals surface area contributed by atoms with Crippen LogP contribution in [0.15, 0.2) is 18.2 Å². The molecule has 1 rings (SSSR count). The monoisotopic (exact) mass is 353 g/mol. The number of aliphatic hydroxyl groups is 1. The van der Waals surface area contributed by atoms with E-state index in [-0.39, 0.29) is 12.6 Å². The van der Waals surface area contributed by atoms with Gasteiger partial charge in [-0.05, 0) is 25.5 Å². The Morgan fingerprint density at radius 3 is 2.57 bits per heavy atom. The average Bonchev–Trinajstić information content (AvgIpc) is 2.42. The maximum Gasteiger partial charge on any atom is 0.156 e. The zero-order valence-corrected chi connectivity index (χ0v) is 14.5. The Balaban J connectivity index is 2.31. The van der Waals surface area contributed by atoms with E-state index in [1.165, 1.54) is 0 Å². The van der Waals surface area contributed by atoms with E-state index in [1.807, 2.05) is 6.92 Å². The highest BCUT2D eigenvalue weighted by Crippen LogP contribution is 2.32. The minimum Gasteiger partial charge on any atom is -0.488 e. The van der Waals surface area contributed by atoms with Crippen molar-refractivity contribution in [1.82, 2.24) is 5.32 Å². The van der Waals surface area contributed by atoms with Gasteiger partial charge in [0.05, 0.1) is 10.0 Å². The van der Waals surface area contributed by atoms with Crippen molar-refractivity contribution in [2.75, 3.05) is 25.2 Å². The van der Waals surface area contributed by atoms with Crippen LogP contribution < -0.4 is 10.1 Å². The summed E-state index contributed by atoms with van der Waals surface area (Å²) in [5.74, 6) is 1.03. The summed E-state index contributed by atoms with van der Waals surface area (Å²) >= 11 is 12.0. The van der Waals surface area contributed by atoms with Gasteiger partial charge in [-0.15, -0.1) is 0 Å². The molecule has 0 saturated heterocycles. The van der Waals surface area contributed by atoms with Gasteiger partial charge in [-0.1, -0.05) is 29.3 Å². The van der Waals surface area contributed by atoms with Gasteiger partial charge in [-0.3, -0.25) is 4.21 Å². The van der Waals surface area contributed by atoms with Gasteiger partial charge < -0.3 is 15.2 Å². The molecule has 2 N–H and O–H groups in total. The number of ether oxygens (including phenoxy) is 1. The second-order valence-electron chi connectivity index (χ2n) is 4.89. The fourth-order valence-corrected chi connectivity index (χ4v) is 2.83. The number of rotatable bonds is 9. The summed E-state index contributed by atoms with van der Waals surface area (Å²) in [7, 11) is -0.791. The van der Waals surface area contributed by atoms with Crippen molar-refractivity contribution >= 4 is 34.0 Å². The van der Waals surface area contributed by atoms with Gasteiger partial charge in [0.15, 0.2) is 5.75 Å². The molecule has 0 aliphatic rings. The van der Waals surface area contributed by atoms with Crippen molar-refractivity contribution in [2.24, 2.45) is 0 Å². The molecule has 7 heteroatoms. The molecule has 1 aromatic rings. The average molecular weight is 354 g/mol. The fourth-order valence-electron chi connectivity index (χ4n) is 1.64. The van der Waals surface area contributed by atoms with Crippen LogP contribution in [0.25, 0.3) is 0 Å². The lowest BCUT2D eigenvalue weighted by Gasteiger charge is -2.18. The summed E-state index contributed by atoms with van der Waals surface area (Å²) in [4.78, 5) is 0. The van der Waals surface area contributed by atoms with Crippen LogP contribution in [0.1, 0.15) is 13.3 Å². The topological polar surface area (TPSA) is 58.6 Å². The molecule has 1 aromatic carbocycles. The predicted molar refractivity (Wildman–Crippen MR) is 89.0 cm³/mol. The number of aliphatic hydroxyl groups excluding tert-OH is 1. The Hall–Kier alpha value is -0.330. The van der Waals surface area contributed by atoms with Gasteiger partial charge in [0.25, 0.3) is 0 Å². The number of halogens is 2. The molecule has 0 amide bonds. The first-order valence-electron chi connectivity index (χ1n) is 6.68. The van der Waals surface area contributed by atoms with E-state index in [0.29, 0.717) is 28.1 Å². The molecule has 0 saturated carbocycles. The van der Waals surface area contributed by atoms with E-state index in [0.717, 1.165) is 6.42 Å². The van der Waals surface area contributed by atoms with Crippen LogP contribution in [0.3, 0.4) is 0 Å². The molecule has 120 valence electrons.